The molecule has 7 nitrogen and oxygen atoms in total. The summed E-state index contributed by atoms with van der Waals surface area (Å²) in [6, 6.07) is 14.8. The first kappa shape index (κ1) is 21.5. The van der Waals surface area contributed by atoms with Crippen molar-refractivity contribution in [3.63, 3.8) is 0 Å². The summed E-state index contributed by atoms with van der Waals surface area (Å²) < 4.78 is 6.52. The third-order valence-electron chi connectivity index (χ3n) is 5.94. The number of allylic oxidation sites excluding steroid dienone is 1. The Kier molecular flexibility index (Phi) is 5.42. The molecule has 4 rings (SSSR count). The van der Waals surface area contributed by atoms with E-state index < -0.39 is 12.6 Å². The van der Waals surface area contributed by atoms with Gasteiger partial charge in [0.25, 0.3) is 5.56 Å². The Morgan fingerprint density at radius 2 is 1.72 bits per heavy atom. The molecule has 0 radical (unpaired) electrons. The maximum Gasteiger partial charge on any atom is 0.359 e. The largest absolute Gasteiger partial charge is 0.453 e. The summed E-state index contributed by atoms with van der Waals surface area (Å²) in [7, 11) is 1.92. The number of hydrogen-bond donors (Lipinski definition) is 0. The molecule has 2 heterocycles. The number of fused-ring (bicyclic) bond motifs is 2. The predicted octanol–water partition coefficient (Wildman–Crippen LogP) is 3.45. The third-order valence-corrected chi connectivity index (χ3v) is 5.94. The molecule has 0 fully saturated rings. The second-order valence-corrected chi connectivity index (χ2v) is 8.29. The van der Waals surface area contributed by atoms with E-state index in [1.54, 1.807) is 31.2 Å². The topological polar surface area (TPSA) is 81.5 Å². The Balaban J connectivity index is 1.57. The van der Waals surface area contributed by atoms with Crippen LogP contribution in [0.2, 0.25) is 0 Å². The molecule has 0 amide bonds. The van der Waals surface area contributed by atoms with Gasteiger partial charge in [-0.15, -0.1) is 0 Å². The highest BCUT2D eigenvalue weighted by Crippen LogP contribution is 2.46. The van der Waals surface area contributed by atoms with Gasteiger partial charge in [-0.05, 0) is 24.6 Å². The van der Waals surface area contributed by atoms with Crippen molar-refractivity contribution in [2.24, 2.45) is 0 Å². The molecule has 1 aliphatic rings. The van der Waals surface area contributed by atoms with Crippen molar-refractivity contribution in [2.45, 2.75) is 32.7 Å². The summed E-state index contributed by atoms with van der Waals surface area (Å²) in [5, 5.41) is 4.95. The van der Waals surface area contributed by atoms with E-state index in [-0.39, 0.29) is 22.5 Å². The summed E-state index contributed by atoms with van der Waals surface area (Å²) >= 11 is 0. The Hall–Kier alpha value is -3.74. The highest BCUT2D eigenvalue weighted by atomic mass is 16.5. The fraction of sp³-hybridized carbons (Fsp3) is 0.280. The van der Waals surface area contributed by atoms with E-state index in [9.17, 15) is 14.4 Å². The molecule has 7 heteroatoms. The van der Waals surface area contributed by atoms with Crippen LogP contribution in [0.1, 0.15) is 36.8 Å². The molecule has 0 bridgehead atoms. The number of aromatic nitrogens is 2. The molecule has 0 spiro atoms. The Morgan fingerprint density at radius 1 is 1.06 bits per heavy atom. The highest BCUT2D eigenvalue weighted by Gasteiger charge is 2.38. The van der Waals surface area contributed by atoms with Gasteiger partial charge < -0.3 is 9.64 Å². The zero-order chi connectivity index (χ0) is 23.0. The summed E-state index contributed by atoms with van der Waals surface area (Å²) in [5.41, 5.74) is 2.42. The lowest BCUT2D eigenvalue weighted by Crippen LogP contribution is -2.27. The molecule has 2 aromatic carbocycles. The minimum absolute atomic E-state index is 0.0215. The summed E-state index contributed by atoms with van der Waals surface area (Å²) in [5.74, 6) is -1.06. The molecule has 0 saturated heterocycles. The zero-order valence-electron chi connectivity index (χ0n) is 18.6. The van der Waals surface area contributed by atoms with Crippen molar-refractivity contribution in [3.8, 4) is 0 Å². The molecule has 0 aliphatic carbocycles. The number of aryl methyl sites for hydroxylation is 1. The number of anilines is 1. The second-order valence-electron chi connectivity index (χ2n) is 8.29. The van der Waals surface area contributed by atoms with Gasteiger partial charge in [0.1, 0.15) is 0 Å². The molecule has 1 aromatic heterocycles. The number of hydrogen-bond acceptors (Lipinski definition) is 6. The maximum absolute atomic E-state index is 12.8. The quantitative estimate of drug-likeness (QED) is 0.455. The normalized spacial score (nSPS) is 15.8. The number of ketones is 1. The van der Waals surface area contributed by atoms with E-state index in [2.05, 4.69) is 25.0 Å². The van der Waals surface area contributed by atoms with Crippen molar-refractivity contribution in [1.82, 2.24) is 9.78 Å². The third kappa shape index (κ3) is 3.49. The summed E-state index contributed by atoms with van der Waals surface area (Å²) in [4.78, 5) is 39.9. The number of benzene rings is 2. The van der Waals surface area contributed by atoms with E-state index in [1.165, 1.54) is 10.8 Å². The van der Waals surface area contributed by atoms with Crippen LogP contribution in [-0.4, -0.2) is 35.2 Å². The number of rotatable bonds is 5. The lowest BCUT2D eigenvalue weighted by Gasteiger charge is -2.23. The fourth-order valence-corrected chi connectivity index (χ4v) is 4.26. The van der Waals surface area contributed by atoms with Gasteiger partial charge in [-0.2, -0.15) is 5.10 Å². The van der Waals surface area contributed by atoms with Gasteiger partial charge in [0.2, 0.25) is 0 Å². The smallest absolute Gasteiger partial charge is 0.359 e. The average Bonchev–Trinajstić information content (AvgIpc) is 2.99. The van der Waals surface area contributed by atoms with Gasteiger partial charge in [0, 0.05) is 41.9 Å². The molecule has 164 valence electrons. The van der Waals surface area contributed by atoms with Crippen molar-refractivity contribution in [2.75, 3.05) is 18.6 Å². The Morgan fingerprint density at radius 3 is 2.41 bits per heavy atom. The lowest BCUT2D eigenvalue weighted by atomic mass is 9.83. The number of likely N-dealkylation sites (N-methyl/N-ethyl adjacent to an activating group) is 1. The number of esters is 1. The predicted molar refractivity (Wildman–Crippen MR) is 123 cm³/mol. The number of carbonyl (C=O) groups is 2. The van der Waals surface area contributed by atoms with Gasteiger partial charge in [0.05, 0.1) is 5.39 Å². The van der Waals surface area contributed by atoms with Crippen LogP contribution in [-0.2, 0) is 21.5 Å². The van der Waals surface area contributed by atoms with E-state index in [4.69, 9.17) is 4.74 Å². The van der Waals surface area contributed by atoms with Crippen LogP contribution < -0.4 is 10.5 Å². The summed E-state index contributed by atoms with van der Waals surface area (Å²) in [6.07, 6.45) is 1.53. The molecular weight excluding hydrogens is 406 g/mol. The lowest BCUT2D eigenvalue weighted by molar-refractivity contribution is -0.117. The van der Waals surface area contributed by atoms with Gasteiger partial charge in [-0.3, -0.25) is 9.59 Å². The van der Waals surface area contributed by atoms with Crippen LogP contribution in [0.5, 0.6) is 0 Å². The monoisotopic (exact) mass is 431 g/mol. The number of para-hydroxylation sites is 1. The first-order valence-electron chi connectivity index (χ1n) is 10.5. The highest BCUT2D eigenvalue weighted by molar-refractivity contribution is 6.03. The standard InChI is InChI=1S/C25H25N3O4/c1-5-28-23(30)18-11-7-6-10-17(18)22(26-28)24(31)32-15-16(29)14-21-25(2,3)19-12-8-9-13-20(19)27(21)4/h6-14H,5,15H2,1-4H3. The second kappa shape index (κ2) is 8.07. The minimum Gasteiger partial charge on any atom is -0.453 e. The van der Waals surface area contributed by atoms with Crippen molar-refractivity contribution in [3.05, 3.63) is 81.9 Å². The van der Waals surface area contributed by atoms with Crippen molar-refractivity contribution >= 4 is 28.2 Å². The van der Waals surface area contributed by atoms with Crippen LogP contribution in [0.15, 0.2) is 65.1 Å². The van der Waals surface area contributed by atoms with Crippen molar-refractivity contribution < 1.29 is 14.3 Å². The van der Waals surface area contributed by atoms with Crippen LogP contribution in [0.4, 0.5) is 5.69 Å². The van der Waals surface area contributed by atoms with Crippen molar-refractivity contribution in [1.29, 1.82) is 0 Å². The molecule has 0 atom stereocenters. The summed E-state index contributed by atoms with van der Waals surface area (Å²) in [6.45, 7) is 5.79. The number of nitrogens with zero attached hydrogens (tertiary/aromatic N) is 3. The Bertz CT molecular complexity index is 1320. The Labute approximate surface area is 185 Å². The van der Waals surface area contributed by atoms with Gasteiger partial charge in [0.15, 0.2) is 18.1 Å². The van der Waals surface area contributed by atoms with E-state index in [1.807, 2.05) is 30.1 Å². The molecular formula is C25H25N3O4. The zero-order valence-corrected chi connectivity index (χ0v) is 18.6. The molecule has 32 heavy (non-hydrogen) atoms. The first-order valence-corrected chi connectivity index (χ1v) is 10.5. The van der Waals surface area contributed by atoms with Gasteiger partial charge in [-0.25, -0.2) is 9.48 Å². The molecule has 0 saturated carbocycles. The van der Waals surface area contributed by atoms with Crippen LogP contribution in [0.25, 0.3) is 10.8 Å². The molecule has 1 aliphatic heterocycles. The molecule has 3 aromatic rings. The van der Waals surface area contributed by atoms with Crippen LogP contribution in [0.3, 0.4) is 0 Å². The number of ether oxygens (including phenoxy) is 1. The molecule has 0 unspecified atom stereocenters. The maximum atomic E-state index is 12.8. The minimum atomic E-state index is -0.738. The van der Waals surface area contributed by atoms with E-state index in [0.717, 1.165) is 16.9 Å². The van der Waals surface area contributed by atoms with Gasteiger partial charge in [-0.1, -0.05) is 50.2 Å². The van der Waals surface area contributed by atoms with E-state index in [0.29, 0.717) is 17.3 Å². The first-order chi connectivity index (χ1) is 15.3. The van der Waals surface area contributed by atoms with Crippen LogP contribution in [0, 0.1) is 0 Å². The van der Waals surface area contributed by atoms with E-state index >= 15 is 0 Å². The number of carbonyl (C=O) groups excluding carboxylic acids is 2. The fourth-order valence-electron chi connectivity index (χ4n) is 4.26. The average molecular weight is 431 g/mol. The molecule has 0 N–H and O–H groups in total. The SMILES string of the molecule is CCn1nc(C(=O)OCC(=O)C=C2N(C)c3ccccc3C2(C)C)c2ccccc2c1=O. The van der Waals surface area contributed by atoms with Crippen LogP contribution >= 0.6 is 0 Å². The van der Waals surface area contributed by atoms with Gasteiger partial charge >= 0.3 is 5.97 Å².